The van der Waals surface area contributed by atoms with Crippen molar-refractivity contribution in [3.8, 4) is 5.75 Å². The molecule has 0 radical (unpaired) electrons. The summed E-state index contributed by atoms with van der Waals surface area (Å²) in [7, 11) is 0. The number of hydrogen-bond donors (Lipinski definition) is 1. The fraction of sp³-hybridized carbons (Fsp3) is 0.333. The molecule has 2 rings (SSSR count). The lowest BCUT2D eigenvalue weighted by Gasteiger charge is -2.18. The van der Waals surface area contributed by atoms with Crippen molar-refractivity contribution < 1.29 is 4.74 Å². The van der Waals surface area contributed by atoms with Crippen LogP contribution in [0.2, 0.25) is 0 Å². The highest BCUT2D eigenvalue weighted by Gasteiger charge is 2.11. The second kappa shape index (κ2) is 4.29. The fourth-order valence-corrected chi connectivity index (χ4v) is 1.74. The van der Waals surface area contributed by atoms with Gasteiger partial charge in [0.05, 0.1) is 6.61 Å². The van der Waals surface area contributed by atoms with Crippen molar-refractivity contribution >= 4 is 6.08 Å². The van der Waals surface area contributed by atoms with Crippen molar-refractivity contribution in [1.82, 2.24) is 0 Å². The summed E-state index contributed by atoms with van der Waals surface area (Å²) >= 11 is 0. The normalized spacial score (nSPS) is 15.2. The Labute approximate surface area is 84.4 Å². The summed E-state index contributed by atoms with van der Waals surface area (Å²) in [6.45, 7) is 1.41. The van der Waals surface area contributed by atoms with Crippen LogP contribution >= 0.6 is 0 Å². The van der Waals surface area contributed by atoms with Gasteiger partial charge in [0.15, 0.2) is 0 Å². The lowest BCUT2D eigenvalue weighted by molar-refractivity contribution is 0.287. The second-order valence-electron chi connectivity index (χ2n) is 3.43. The SMILES string of the molecule is NC/C=C/c1cccc2c1OCCC2. The molecule has 1 aromatic rings. The van der Waals surface area contributed by atoms with Crippen LogP contribution in [0.4, 0.5) is 0 Å². The van der Waals surface area contributed by atoms with Crippen LogP contribution in [0, 0.1) is 0 Å². The molecule has 0 unspecified atom stereocenters. The quantitative estimate of drug-likeness (QED) is 0.772. The molecule has 0 fully saturated rings. The third kappa shape index (κ3) is 1.80. The highest BCUT2D eigenvalue weighted by atomic mass is 16.5. The van der Waals surface area contributed by atoms with Gasteiger partial charge in [0.1, 0.15) is 5.75 Å². The van der Waals surface area contributed by atoms with Crippen LogP contribution < -0.4 is 10.5 Å². The number of nitrogens with two attached hydrogens (primary N) is 1. The van der Waals surface area contributed by atoms with Crippen LogP contribution in [-0.2, 0) is 6.42 Å². The molecule has 0 spiro atoms. The zero-order chi connectivity index (χ0) is 9.80. The Morgan fingerprint density at radius 1 is 1.43 bits per heavy atom. The summed E-state index contributed by atoms with van der Waals surface area (Å²) in [6, 6.07) is 6.27. The van der Waals surface area contributed by atoms with Gasteiger partial charge in [-0.2, -0.15) is 0 Å². The Balaban J connectivity index is 2.35. The number of aryl methyl sites for hydroxylation is 1. The van der Waals surface area contributed by atoms with Crippen molar-refractivity contribution in [3.63, 3.8) is 0 Å². The smallest absolute Gasteiger partial charge is 0.129 e. The number of hydrogen-bond acceptors (Lipinski definition) is 2. The first kappa shape index (κ1) is 9.28. The van der Waals surface area contributed by atoms with E-state index in [9.17, 15) is 0 Å². The summed E-state index contributed by atoms with van der Waals surface area (Å²) in [4.78, 5) is 0. The highest BCUT2D eigenvalue weighted by Crippen LogP contribution is 2.29. The van der Waals surface area contributed by atoms with Crippen LogP contribution in [0.1, 0.15) is 17.5 Å². The Bertz CT molecular complexity index is 344. The molecule has 2 nitrogen and oxygen atoms in total. The minimum atomic E-state index is 0.573. The van der Waals surface area contributed by atoms with Gasteiger partial charge in [-0.25, -0.2) is 0 Å². The van der Waals surface area contributed by atoms with E-state index >= 15 is 0 Å². The van der Waals surface area contributed by atoms with Crippen molar-refractivity contribution in [1.29, 1.82) is 0 Å². The van der Waals surface area contributed by atoms with Crippen LogP contribution in [0.3, 0.4) is 0 Å². The van der Waals surface area contributed by atoms with Gasteiger partial charge in [0, 0.05) is 12.1 Å². The molecule has 0 atom stereocenters. The third-order valence-corrected chi connectivity index (χ3v) is 2.40. The zero-order valence-electron chi connectivity index (χ0n) is 8.20. The number of benzene rings is 1. The van der Waals surface area contributed by atoms with Crippen LogP contribution in [-0.4, -0.2) is 13.2 Å². The minimum absolute atomic E-state index is 0.573. The standard InChI is InChI=1S/C12H15NO/c13-8-2-6-10-4-1-5-11-7-3-9-14-12(10)11/h1-2,4-6H,3,7-9,13H2/b6-2+. The lowest BCUT2D eigenvalue weighted by Crippen LogP contribution is -2.09. The maximum absolute atomic E-state index is 5.66. The largest absolute Gasteiger partial charge is 0.493 e. The zero-order valence-corrected chi connectivity index (χ0v) is 8.20. The van der Waals surface area contributed by atoms with Gasteiger partial charge in [-0.05, 0) is 18.4 Å². The molecule has 0 saturated carbocycles. The number of para-hydroxylation sites is 1. The molecule has 2 N–H and O–H groups in total. The van der Waals surface area contributed by atoms with Crippen LogP contribution in [0.5, 0.6) is 5.75 Å². The summed E-state index contributed by atoms with van der Waals surface area (Å²) in [5.41, 5.74) is 7.89. The molecule has 1 aromatic carbocycles. The van der Waals surface area contributed by atoms with E-state index in [1.807, 2.05) is 12.2 Å². The average molecular weight is 189 g/mol. The number of fused-ring (bicyclic) bond motifs is 1. The first-order valence-electron chi connectivity index (χ1n) is 5.03. The molecule has 2 heteroatoms. The number of ether oxygens (including phenoxy) is 1. The molecule has 1 aliphatic heterocycles. The molecule has 0 aromatic heterocycles. The van der Waals surface area contributed by atoms with E-state index in [4.69, 9.17) is 10.5 Å². The van der Waals surface area contributed by atoms with Crippen molar-refractivity contribution in [2.24, 2.45) is 5.73 Å². The van der Waals surface area contributed by atoms with Gasteiger partial charge >= 0.3 is 0 Å². The maximum Gasteiger partial charge on any atom is 0.129 e. The lowest BCUT2D eigenvalue weighted by atomic mass is 10.0. The van der Waals surface area contributed by atoms with Crippen molar-refractivity contribution in [2.75, 3.05) is 13.2 Å². The van der Waals surface area contributed by atoms with Gasteiger partial charge in [-0.1, -0.05) is 30.4 Å². The van der Waals surface area contributed by atoms with Crippen LogP contribution in [0.25, 0.3) is 6.08 Å². The van der Waals surface area contributed by atoms with E-state index in [0.29, 0.717) is 6.54 Å². The van der Waals surface area contributed by atoms with E-state index in [2.05, 4.69) is 18.2 Å². The second-order valence-corrected chi connectivity index (χ2v) is 3.43. The molecule has 14 heavy (non-hydrogen) atoms. The summed E-state index contributed by atoms with van der Waals surface area (Å²) in [5.74, 6) is 1.04. The molecule has 1 heterocycles. The molecule has 1 aliphatic rings. The fourth-order valence-electron chi connectivity index (χ4n) is 1.74. The predicted octanol–water partition coefficient (Wildman–Crippen LogP) is 1.98. The van der Waals surface area contributed by atoms with Crippen LogP contribution in [0.15, 0.2) is 24.3 Å². The molecular weight excluding hydrogens is 174 g/mol. The van der Waals surface area contributed by atoms with Crippen molar-refractivity contribution in [3.05, 3.63) is 35.4 Å². The average Bonchev–Trinajstić information content (AvgIpc) is 2.26. The van der Waals surface area contributed by atoms with Gasteiger partial charge in [-0.15, -0.1) is 0 Å². The first-order valence-corrected chi connectivity index (χ1v) is 5.03. The molecule has 74 valence electrons. The van der Waals surface area contributed by atoms with E-state index in [-0.39, 0.29) is 0 Å². The molecule has 0 bridgehead atoms. The predicted molar refractivity (Wildman–Crippen MR) is 58.3 cm³/mol. The Morgan fingerprint density at radius 2 is 2.36 bits per heavy atom. The summed E-state index contributed by atoms with van der Waals surface area (Å²) < 4.78 is 5.66. The molecule has 0 saturated heterocycles. The third-order valence-electron chi connectivity index (χ3n) is 2.40. The Kier molecular flexibility index (Phi) is 2.84. The maximum atomic E-state index is 5.66. The minimum Gasteiger partial charge on any atom is -0.493 e. The highest BCUT2D eigenvalue weighted by molar-refractivity contribution is 5.60. The van der Waals surface area contributed by atoms with E-state index in [0.717, 1.165) is 30.8 Å². The monoisotopic (exact) mass is 189 g/mol. The molecular formula is C12H15NO. The first-order chi connectivity index (χ1) is 6.92. The Hall–Kier alpha value is -1.28. The topological polar surface area (TPSA) is 35.2 Å². The number of rotatable bonds is 2. The van der Waals surface area contributed by atoms with E-state index in [1.165, 1.54) is 5.56 Å². The van der Waals surface area contributed by atoms with E-state index in [1.54, 1.807) is 0 Å². The molecule has 0 amide bonds. The van der Waals surface area contributed by atoms with Gasteiger partial charge in [-0.3, -0.25) is 0 Å². The summed E-state index contributed by atoms with van der Waals surface area (Å²) in [5, 5.41) is 0. The van der Waals surface area contributed by atoms with Gasteiger partial charge < -0.3 is 10.5 Å². The van der Waals surface area contributed by atoms with Gasteiger partial charge in [0.25, 0.3) is 0 Å². The van der Waals surface area contributed by atoms with Gasteiger partial charge in [0.2, 0.25) is 0 Å². The Morgan fingerprint density at radius 3 is 3.21 bits per heavy atom. The van der Waals surface area contributed by atoms with Crippen molar-refractivity contribution in [2.45, 2.75) is 12.8 Å². The summed E-state index contributed by atoms with van der Waals surface area (Å²) in [6.07, 6.45) is 6.23. The van der Waals surface area contributed by atoms with E-state index < -0.39 is 0 Å². The molecule has 0 aliphatic carbocycles.